The van der Waals surface area contributed by atoms with Gasteiger partial charge in [0.05, 0.1) is 11.8 Å². The number of aromatic nitrogens is 4. The van der Waals surface area contributed by atoms with Gasteiger partial charge < -0.3 is 8.83 Å². The predicted octanol–water partition coefficient (Wildman–Crippen LogP) is 4.08. The van der Waals surface area contributed by atoms with E-state index in [4.69, 9.17) is 20.4 Å². The molecule has 3 heterocycles. The van der Waals surface area contributed by atoms with Crippen LogP contribution in [-0.2, 0) is 0 Å². The molecule has 0 unspecified atom stereocenters. The van der Waals surface area contributed by atoms with Crippen LogP contribution in [0.15, 0.2) is 62.0 Å². The van der Waals surface area contributed by atoms with Gasteiger partial charge in [-0.2, -0.15) is 0 Å². The molecule has 0 aliphatic rings. The van der Waals surface area contributed by atoms with Crippen molar-refractivity contribution >= 4 is 34.3 Å². The number of hydrogen-bond acceptors (Lipinski definition) is 7. The SMILES string of the molecule is Clc1ccc2c(Sc3nnc(-c4ccco4)o3)ncnc2c1. The van der Waals surface area contributed by atoms with Crippen LogP contribution in [0.2, 0.25) is 5.02 Å². The largest absolute Gasteiger partial charge is 0.459 e. The topological polar surface area (TPSA) is 77.8 Å². The highest BCUT2D eigenvalue weighted by Crippen LogP contribution is 2.32. The smallest absolute Gasteiger partial charge is 0.284 e. The Kier molecular flexibility index (Phi) is 3.28. The van der Waals surface area contributed by atoms with Crippen molar-refractivity contribution < 1.29 is 8.83 Å². The molecule has 0 amide bonds. The van der Waals surface area contributed by atoms with Gasteiger partial charge >= 0.3 is 0 Å². The van der Waals surface area contributed by atoms with Gasteiger partial charge in [-0.05, 0) is 42.1 Å². The maximum atomic E-state index is 5.97. The summed E-state index contributed by atoms with van der Waals surface area (Å²) in [5, 5.41) is 10.5. The molecular formula is C14H7ClN4O2S. The molecule has 0 atom stereocenters. The molecule has 108 valence electrons. The lowest BCUT2D eigenvalue weighted by atomic mass is 10.2. The average Bonchev–Trinajstić information content (AvgIpc) is 3.18. The third-order valence-electron chi connectivity index (χ3n) is 2.88. The molecule has 0 N–H and O–H groups in total. The monoisotopic (exact) mass is 330 g/mol. The minimum absolute atomic E-state index is 0.328. The molecule has 3 aromatic heterocycles. The Hall–Kier alpha value is -2.38. The van der Waals surface area contributed by atoms with E-state index in [-0.39, 0.29) is 0 Å². The first kappa shape index (κ1) is 13.3. The first-order valence-electron chi connectivity index (χ1n) is 6.25. The Balaban J connectivity index is 1.69. The molecule has 0 spiro atoms. The standard InChI is InChI=1S/C14H7ClN4O2S/c15-8-3-4-9-10(6-8)16-7-17-13(9)22-14-19-18-12(21-14)11-2-1-5-20-11/h1-7H. The molecule has 0 aliphatic heterocycles. The molecule has 4 rings (SSSR count). The van der Waals surface area contributed by atoms with E-state index in [1.807, 2.05) is 6.07 Å². The Morgan fingerprint density at radius 2 is 2.05 bits per heavy atom. The van der Waals surface area contributed by atoms with Crippen molar-refractivity contribution in [1.82, 2.24) is 20.2 Å². The van der Waals surface area contributed by atoms with Crippen LogP contribution in [0.3, 0.4) is 0 Å². The highest BCUT2D eigenvalue weighted by atomic mass is 35.5. The summed E-state index contributed by atoms with van der Waals surface area (Å²) in [7, 11) is 0. The van der Waals surface area contributed by atoms with Crippen molar-refractivity contribution in [3.63, 3.8) is 0 Å². The third-order valence-corrected chi connectivity index (χ3v) is 3.98. The maximum Gasteiger partial charge on any atom is 0.284 e. The third kappa shape index (κ3) is 2.44. The summed E-state index contributed by atoms with van der Waals surface area (Å²) in [6, 6.07) is 8.95. The van der Waals surface area contributed by atoms with E-state index < -0.39 is 0 Å². The van der Waals surface area contributed by atoms with Gasteiger partial charge in [-0.3, -0.25) is 0 Å². The average molecular weight is 331 g/mol. The maximum absolute atomic E-state index is 5.97. The molecule has 1 aromatic carbocycles. The second-order valence-electron chi connectivity index (χ2n) is 4.29. The Morgan fingerprint density at radius 1 is 1.09 bits per heavy atom. The number of rotatable bonds is 3. The second-order valence-corrected chi connectivity index (χ2v) is 5.67. The molecule has 0 aliphatic carbocycles. The lowest BCUT2D eigenvalue weighted by molar-refractivity contribution is 0.447. The van der Waals surface area contributed by atoms with Gasteiger partial charge in [-0.1, -0.05) is 11.6 Å². The molecule has 0 fully saturated rings. The van der Waals surface area contributed by atoms with Crippen LogP contribution in [0, 0.1) is 0 Å². The van der Waals surface area contributed by atoms with Crippen LogP contribution in [0.1, 0.15) is 0 Å². The number of furan rings is 1. The molecule has 4 aromatic rings. The Bertz CT molecular complexity index is 939. The van der Waals surface area contributed by atoms with Crippen LogP contribution in [0.5, 0.6) is 0 Å². The quantitative estimate of drug-likeness (QED) is 0.524. The van der Waals surface area contributed by atoms with E-state index in [2.05, 4.69) is 20.2 Å². The van der Waals surface area contributed by atoms with Gasteiger partial charge in [0.1, 0.15) is 11.4 Å². The van der Waals surface area contributed by atoms with Crippen molar-refractivity contribution in [2.24, 2.45) is 0 Å². The minimum atomic E-state index is 0.328. The van der Waals surface area contributed by atoms with Crippen molar-refractivity contribution in [2.45, 2.75) is 10.2 Å². The zero-order valence-electron chi connectivity index (χ0n) is 10.9. The summed E-state index contributed by atoms with van der Waals surface area (Å²) in [6.07, 6.45) is 3.03. The van der Waals surface area contributed by atoms with Crippen molar-refractivity contribution in [3.8, 4) is 11.7 Å². The van der Waals surface area contributed by atoms with Gasteiger partial charge in [-0.15, -0.1) is 10.2 Å². The van der Waals surface area contributed by atoms with Gasteiger partial charge in [0, 0.05) is 10.4 Å². The van der Waals surface area contributed by atoms with Gasteiger partial charge in [0.15, 0.2) is 5.76 Å². The summed E-state index contributed by atoms with van der Waals surface area (Å²) < 4.78 is 10.8. The van der Waals surface area contributed by atoms with Crippen LogP contribution >= 0.6 is 23.4 Å². The van der Waals surface area contributed by atoms with E-state index in [0.717, 1.165) is 15.9 Å². The molecule has 0 saturated carbocycles. The van der Waals surface area contributed by atoms with Crippen molar-refractivity contribution in [3.05, 3.63) is 47.9 Å². The van der Waals surface area contributed by atoms with E-state index in [1.165, 1.54) is 18.1 Å². The predicted molar refractivity (Wildman–Crippen MR) is 80.7 cm³/mol. The number of fused-ring (bicyclic) bond motifs is 1. The van der Waals surface area contributed by atoms with Crippen LogP contribution < -0.4 is 0 Å². The molecule has 0 radical (unpaired) electrons. The molecule has 6 nitrogen and oxygen atoms in total. The Labute approximate surface area is 133 Å². The van der Waals surface area contributed by atoms with Crippen LogP contribution in [-0.4, -0.2) is 20.2 Å². The van der Waals surface area contributed by atoms with Crippen molar-refractivity contribution in [1.29, 1.82) is 0 Å². The molecular weight excluding hydrogens is 324 g/mol. The molecule has 0 saturated heterocycles. The highest BCUT2D eigenvalue weighted by Gasteiger charge is 2.14. The molecule has 8 heteroatoms. The highest BCUT2D eigenvalue weighted by molar-refractivity contribution is 7.99. The number of halogens is 1. The minimum Gasteiger partial charge on any atom is -0.459 e. The van der Waals surface area contributed by atoms with E-state index in [0.29, 0.717) is 21.9 Å². The van der Waals surface area contributed by atoms with Crippen LogP contribution in [0.25, 0.3) is 22.6 Å². The fourth-order valence-corrected chi connectivity index (χ4v) is 2.84. The van der Waals surface area contributed by atoms with Gasteiger partial charge in [0.2, 0.25) is 0 Å². The van der Waals surface area contributed by atoms with Gasteiger partial charge in [0.25, 0.3) is 11.1 Å². The van der Waals surface area contributed by atoms with E-state index >= 15 is 0 Å². The first-order chi connectivity index (χ1) is 10.8. The lowest BCUT2D eigenvalue weighted by Crippen LogP contribution is -1.86. The molecule has 0 bridgehead atoms. The summed E-state index contributed by atoms with van der Waals surface area (Å²) in [4.78, 5) is 8.46. The number of hydrogen-bond donors (Lipinski definition) is 0. The lowest BCUT2D eigenvalue weighted by Gasteiger charge is -2.01. The number of nitrogens with zero attached hydrogens (tertiary/aromatic N) is 4. The summed E-state index contributed by atoms with van der Waals surface area (Å²) >= 11 is 7.24. The van der Waals surface area contributed by atoms with Crippen LogP contribution in [0.4, 0.5) is 0 Å². The fourth-order valence-electron chi connectivity index (χ4n) is 1.92. The zero-order valence-corrected chi connectivity index (χ0v) is 12.5. The normalized spacial score (nSPS) is 11.1. The summed E-state index contributed by atoms with van der Waals surface area (Å²) in [6.45, 7) is 0. The summed E-state index contributed by atoms with van der Waals surface area (Å²) in [5.41, 5.74) is 0.760. The Morgan fingerprint density at radius 3 is 2.91 bits per heavy atom. The fraction of sp³-hybridized carbons (Fsp3) is 0. The van der Waals surface area contributed by atoms with Crippen molar-refractivity contribution in [2.75, 3.05) is 0 Å². The first-order valence-corrected chi connectivity index (χ1v) is 7.44. The van der Waals surface area contributed by atoms with E-state index in [1.54, 1.807) is 30.5 Å². The van der Waals surface area contributed by atoms with E-state index in [9.17, 15) is 0 Å². The summed E-state index contributed by atoms with van der Waals surface area (Å²) in [5.74, 6) is 0.854. The molecule has 22 heavy (non-hydrogen) atoms. The second kappa shape index (κ2) is 5.43. The zero-order chi connectivity index (χ0) is 14.9. The van der Waals surface area contributed by atoms with Gasteiger partial charge in [-0.25, -0.2) is 9.97 Å². The number of benzene rings is 1.